The number of ketones is 1. The Kier molecular flexibility index (Phi) is 8.57. The largest absolute Gasteiger partial charge is 0.508 e. The van der Waals surface area contributed by atoms with E-state index in [1.165, 1.54) is 0 Å². The van der Waals surface area contributed by atoms with Crippen LogP contribution in [0.3, 0.4) is 0 Å². The van der Waals surface area contributed by atoms with Gasteiger partial charge in [-0.1, -0.05) is 0 Å². The second kappa shape index (κ2) is 12.3. The van der Waals surface area contributed by atoms with Crippen LogP contribution in [0.15, 0.2) is 66.7 Å². The molecule has 5 rings (SSSR count). The molecule has 0 aliphatic carbocycles. The minimum absolute atomic E-state index is 0.134. The second-order valence-electron chi connectivity index (χ2n) is 9.66. The van der Waals surface area contributed by atoms with Crippen molar-refractivity contribution in [1.82, 2.24) is 0 Å². The number of carbonyl (C=O) groups is 2. The van der Waals surface area contributed by atoms with Gasteiger partial charge in [0.25, 0.3) is 6.47 Å². The van der Waals surface area contributed by atoms with Crippen LogP contribution < -0.4 is 0 Å². The van der Waals surface area contributed by atoms with Gasteiger partial charge in [0.1, 0.15) is 63.2 Å². The van der Waals surface area contributed by atoms with Crippen LogP contribution in [0.1, 0.15) is 15.9 Å². The van der Waals surface area contributed by atoms with Gasteiger partial charge >= 0.3 is 0 Å². The first kappa shape index (κ1) is 32.0. The van der Waals surface area contributed by atoms with E-state index in [-0.39, 0.29) is 34.5 Å². The van der Waals surface area contributed by atoms with Crippen LogP contribution in [-0.4, -0.2) is 73.5 Å². The van der Waals surface area contributed by atoms with Crippen molar-refractivity contribution in [3.05, 3.63) is 77.9 Å². The standard InChI is InChI=1S/C31H22O12.CH2O2/c32-13-1-2-17(20(36)5-13)31(43)28-18(29-23(39)8-15(34)9-24(29)40)3-12(27-21(37)6-14(33)7-22(27)38)4-19(28)30-25(41)10-16(35)11-26(30)42;2-1-3/h1-11,32-42H;1H,(H,2,3). The minimum atomic E-state index is -1.02. The van der Waals surface area contributed by atoms with E-state index < -0.39 is 85.5 Å². The third-order valence-electron chi connectivity index (χ3n) is 6.66. The van der Waals surface area contributed by atoms with Crippen LogP contribution in [0, 0.1) is 0 Å². The smallest absolute Gasteiger partial charge is 0.290 e. The van der Waals surface area contributed by atoms with Crippen LogP contribution >= 0.6 is 0 Å². The van der Waals surface area contributed by atoms with Crippen LogP contribution in [0.25, 0.3) is 33.4 Å². The van der Waals surface area contributed by atoms with E-state index in [9.17, 15) is 61.0 Å². The molecule has 14 heteroatoms. The molecule has 0 atom stereocenters. The van der Waals surface area contributed by atoms with E-state index in [1.807, 2.05) is 0 Å². The van der Waals surface area contributed by atoms with Gasteiger partial charge in [0.05, 0.1) is 22.3 Å². The van der Waals surface area contributed by atoms with Crippen LogP contribution in [0.5, 0.6) is 63.2 Å². The summed E-state index contributed by atoms with van der Waals surface area (Å²) >= 11 is 0. The highest BCUT2D eigenvalue weighted by Gasteiger charge is 2.30. The van der Waals surface area contributed by atoms with Crippen molar-refractivity contribution in [2.75, 3.05) is 0 Å². The van der Waals surface area contributed by atoms with E-state index >= 15 is 0 Å². The molecule has 0 unspecified atom stereocenters. The molecule has 0 aliphatic rings. The molecule has 0 aliphatic heterocycles. The Morgan fingerprint density at radius 1 is 0.457 bits per heavy atom. The molecule has 236 valence electrons. The summed E-state index contributed by atoms with van der Waals surface area (Å²) < 4.78 is 0. The first-order chi connectivity index (χ1) is 21.7. The molecular weight excluding hydrogens is 608 g/mol. The number of hydrogen-bond acceptors (Lipinski definition) is 13. The monoisotopic (exact) mass is 632 g/mol. The summed E-state index contributed by atoms with van der Waals surface area (Å²) in [5, 5.41) is 121. The van der Waals surface area contributed by atoms with Crippen molar-refractivity contribution in [3.8, 4) is 96.6 Å². The van der Waals surface area contributed by atoms with Gasteiger partial charge in [-0.05, 0) is 29.8 Å². The van der Waals surface area contributed by atoms with E-state index in [0.717, 1.165) is 66.7 Å². The van der Waals surface area contributed by atoms with Crippen molar-refractivity contribution in [2.24, 2.45) is 0 Å². The quantitative estimate of drug-likeness (QED) is 0.0946. The molecule has 0 spiro atoms. The summed E-state index contributed by atoms with van der Waals surface area (Å²) in [7, 11) is 0. The molecule has 12 N–H and O–H groups in total. The molecule has 0 saturated heterocycles. The number of phenols is 11. The molecule has 0 bridgehead atoms. The van der Waals surface area contributed by atoms with E-state index in [0.29, 0.717) is 0 Å². The van der Waals surface area contributed by atoms with Crippen molar-refractivity contribution in [1.29, 1.82) is 0 Å². The number of aromatic hydroxyl groups is 11. The minimum Gasteiger partial charge on any atom is -0.508 e. The predicted molar refractivity (Wildman–Crippen MR) is 160 cm³/mol. The van der Waals surface area contributed by atoms with Crippen molar-refractivity contribution < 1.29 is 70.9 Å². The van der Waals surface area contributed by atoms with Gasteiger partial charge in [-0.25, -0.2) is 0 Å². The topological polar surface area (TPSA) is 277 Å². The van der Waals surface area contributed by atoms with Gasteiger partial charge in [0.15, 0.2) is 5.78 Å². The second-order valence-corrected chi connectivity index (χ2v) is 9.66. The molecule has 46 heavy (non-hydrogen) atoms. The summed E-state index contributed by atoms with van der Waals surface area (Å²) in [6.07, 6.45) is 0. The van der Waals surface area contributed by atoms with Crippen molar-refractivity contribution >= 4 is 12.3 Å². The molecule has 5 aromatic carbocycles. The number of carbonyl (C=O) groups excluding carboxylic acids is 1. The zero-order valence-corrected chi connectivity index (χ0v) is 23.1. The predicted octanol–water partition coefficient (Wildman–Crippen LogP) is 4.38. The highest BCUT2D eigenvalue weighted by molar-refractivity contribution is 6.19. The van der Waals surface area contributed by atoms with Crippen LogP contribution in [-0.2, 0) is 4.79 Å². The normalized spacial score (nSPS) is 10.5. The summed E-state index contributed by atoms with van der Waals surface area (Å²) in [5.41, 5.74) is -2.95. The van der Waals surface area contributed by atoms with Crippen molar-refractivity contribution in [2.45, 2.75) is 0 Å². The Balaban J connectivity index is 0.00000154. The third kappa shape index (κ3) is 5.93. The van der Waals surface area contributed by atoms with Gasteiger partial charge in [-0.15, -0.1) is 0 Å². The zero-order chi connectivity index (χ0) is 34.0. The lowest BCUT2D eigenvalue weighted by Gasteiger charge is -2.21. The average Bonchev–Trinajstić information content (AvgIpc) is 2.91. The highest BCUT2D eigenvalue weighted by Crippen LogP contribution is 2.52. The Morgan fingerprint density at radius 2 is 0.783 bits per heavy atom. The Hall–Kier alpha value is -6.96. The number of rotatable bonds is 5. The molecule has 0 heterocycles. The van der Waals surface area contributed by atoms with Crippen LogP contribution in [0.2, 0.25) is 0 Å². The summed E-state index contributed by atoms with van der Waals surface area (Å²) in [6.45, 7) is -0.250. The highest BCUT2D eigenvalue weighted by atomic mass is 16.3. The molecule has 14 nitrogen and oxygen atoms in total. The molecular formula is C32H24O14. The van der Waals surface area contributed by atoms with Gasteiger partial charge in [0, 0.05) is 59.2 Å². The van der Waals surface area contributed by atoms with Crippen molar-refractivity contribution in [3.63, 3.8) is 0 Å². The SMILES string of the molecule is O=C(c1ccc(O)cc1O)c1c(-c2c(O)cc(O)cc2O)cc(-c2c(O)cc(O)cc2O)cc1-c1c(O)cc(O)cc1O.O=CO. The fourth-order valence-corrected chi connectivity index (χ4v) is 4.91. The van der Waals surface area contributed by atoms with Gasteiger partial charge in [-0.2, -0.15) is 0 Å². The Morgan fingerprint density at radius 3 is 1.13 bits per heavy atom. The molecule has 0 fully saturated rings. The summed E-state index contributed by atoms with van der Waals surface area (Å²) in [4.78, 5) is 22.5. The number of carboxylic acid groups (broad SMARTS) is 1. The molecule has 0 radical (unpaired) electrons. The number of hydrogen-bond donors (Lipinski definition) is 12. The maximum atomic E-state index is 14.2. The maximum absolute atomic E-state index is 14.2. The average molecular weight is 633 g/mol. The van der Waals surface area contributed by atoms with E-state index in [1.54, 1.807) is 0 Å². The van der Waals surface area contributed by atoms with E-state index in [2.05, 4.69) is 0 Å². The first-order valence-corrected chi connectivity index (χ1v) is 12.8. The Bertz CT molecular complexity index is 1870. The van der Waals surface area contributed by atoms with E-state index in [4.69, 9.17) is 9.90 Å². The summed E-state index contributed by atoms with van der Waals surface area (Å²) in [6, 6.07) is 10.5. The lowest BCUT2D eigenvalue weighted by atomic mass is 9.83. The number of benzene rings is 5. The van der Waals surface area contributed by atoms with Gasteiger partial charge in [-0.3, -0.25) is 9.59 Å². The summed E-state index contributed by atoms with van der Waals surface area (Å²) in [5.74, 6) is -7.99. The fraction of sp³-hybridized carbons (Fsp3) is 0. The van der Waals surface area contributed by atoms with Crippen LogP contribution in [0.4, 0.5) is 0 Å². The first-order valence-electron chi connectivity index (χ1n) is 12.8. The lowest BCUT2D eigenvalue weighted by molar-refractivity contribution is -0.122. The molecule has 0 saturated carbocycles. The Labute approximate surface area is 257 Å². The fourth-order valence-electron chi connectivity index (χ4n) is 4.91. The number of phenolic OH excluding ortho intramolecular Hbond substituents is 11. The third-order valence-corrected chi connectivity index (χ3v) is 6.66. The van der Waals surface area contributed by atoms with Gasteiger partial charge in [0.2, 0.25) is 0 Å². The molecule has 5 aromatic rings. The maximum Gasteiger partial charge on any atom is 0.290 e. The zero-order valence-electron chi connectivity index (χ0n) is 23.1. The lowest BCUT2D eigenvalue weighted by Crippen LogP contribution is -2.08. The van der Waals surface area contributed by atoms with Gasteiger partial charge < -0.3 is 61.3 Å². The molecule has 0 aromatic heterocycles. The molecule has 0 amide bonds.